The Kier molecular flexibility index (Phi) is 3.44. The van der Waals surface area contributed by atoms with Gasteiger partial charge in [-0.25, -0.2) is 8.78 Å². The molecule has 21 heavy (non-hydrogen) atoms. The number of ether oxygens (including phenoxy) is 1. The maximum Gasteiger partial charge on any atom is 0.165 e. The molecule has 1 atom stereocenters. The molecule has 1 heterocycles. The van der Waals surface area contributed by atoms with Crippen LogP contribution >= 0.6 is 0 Å². The van der Waals surface area contributed by atoms with Crippen LogP contribution in [0.1, 0.15) is 23.6 Å². The van der Waals surface area contributed by atoms with Gasteiger partial charge in [0.15, 0.2) is 11.6 Å². The molecule has 5 heteroatoms. The Bertz CT molecular complexity index is 725. The lowest BCUT2D eigenvalue weighted by Gasteiger charge is -2.28. The van der Waals surface area contributed by atoms with Gasteiger partial charge in [-0.3, -0.25) is 0 Å². The number of nitrogens with one attached hydrogen (secondary N) is 1. The second-order valence-corrected chi connectivity index (χ2v) is 4.77. The van der Waals surface area contributed by atoms with E-state index in [0.717, 1.165) is 0 Å². The molecule has 0 saturated carbocycles. The van der Waals surface area contributed by atoms with E-state index in [-0.39, 0.29) is 17.4 Å². The highest BCUT2D eigenvalue weighted by Crippen LogP contribution is 2.36. The summed E-state index contributed by atoms with van der Waals surface area (Å²) in [6.45, 7) is 0.364. The van der Waals surface area contributed by atoms with E-state index in [4.69, 9.17) is 10.00 Å². The number of anilines is 1. The minimum atomic E-state index is -0.575. The number of rotatable bonds is 2. The molecule has 1 aliphatic heterocycles. The SMILES string of the molecule is N#Cc1c(F)cccc1N[C@H]1CCOc2c(F)cccc21. The lowest BCUT2D eigenvalue weighted by Crippen LogP contribution is -2.21. The maximum absolute atomic E-state index is 13.7. The molecule has 0 fully saturated rings. The Hall–Kier alpha value is -2.61. The molecule has 0 radical (unpaired) electrons. The minimum absolute atomic E-state index is 0.0399. The summed E-state index contributed by atoms with van der Waals surface area (Å²) in [7, 11) is 0. The number of nitriles is 1. The molecule has 1 N–H and O–H groups in total. The fourth-order valence-electron chi connectivity index (χ4n) is 2.48. The summed E-state index contributed by atoms with van der Waals surface area (Å²) in [6, 6.07) is 10.7. The predicted molar refractivity (Wildman–Crippen MR) is 74.0 cm³/mol. The third kappa shape index (κ3) is 2.40. The van der Waals surface area contributed by atoms with Gasteiger partial charge in [0.05, 0.1) is 18.3 Å². The van der Waals surface area contributed by atoms with Crippen molar-refractivity contribution in [2.75, 3.05) is 11.9 Å². The van der Waals surface area contributed by atoms with Crippen LogP contribution in [0.3, 0.4) is 0 Å². The van der Waals surface area contributed by atoms with Crippen LogP contribution in [0.4, 0.5) is 14.5 Å². The molecule has 0 spiro atoms. The van der Waals surface area contributed by atoms with Crippen LogP contribution in [-0.2, 0) is 0 Å². The maximum atomic E-state index is 13.7. The first kappa shape index (κ1) is 13.4. The van der Waals surface area contributed by atoms with Gasteiger partial charge in [-0.15, -0.1) is 0 Å². The first-order valence-corrected chi connectivity index (χ1v) is 6.57. The molecule has 3 nitrogen and oxygen atoms in total. The standard InChI is InChI=1S/C16H12F2N2O/c17-12-4-2-6-14(11(12)9-19)20-15-7-8-21-16-10(15)3-1-5-13(16)18/h1-6,15,20H,7-8H2/t15-/m0/s1. The van der Waals surface area contributed by atoms with Crippen molar-refractivity contribution in [2.45, 2.75) is 12.5 Å². The lowest BCUT2D eigenvalue weighted by molar-refractivity contribution is 0.260. The highest BCUT2D eigenvalue weighted by Gasteiger charge is 2.24. The molecular weight excluding hydrogens is 274 g/mol. The van der Waals surface area contributed by atoms with Crippen molar-refractivity contribution < 1.29 is 13.5 Å². The van der Waals surface area contributed by atoms with Crippen molar-refractivity contribution in [2.24, 2.45) is 0 Å². The van der Waals surface area contributed by atoms with E-state index >= 15 is 0 Å². The number of hydrogen-bond donors (Lipinski definition) is 1. The van der Waals surface area contributed by atoms with Crippen molar-refractivity contribution in [3.8, 4) is 11.8 Å². The summed E-state index contributed by atoms with van der Waals surface area (Å²) in [5, 5.41) is 12.2. The van der Waals surface area contributed by atoms with E-state index in [9.17, 15) is 8.78 Å². The van der Waals surface area contributed by atoms with Crippen molar-refractivity contribution in [3.63, 3.8) is 0 Å². The van der Waals surface area contributed by atoms with E-state index in [2.05, 4.69) is 5.32 Å². The van der Waals surface area contributed by atoms with Crippen LogP contribution in [0, 0.1) is 23.0 Å². The lowest BCUT2D eigenvalue weighted by atomic mass is 9.99. The quantitative estimate of drug-likeness (QED) is 0.914. The molecule has 0 unspecified atom stereocenters. The Morgan fingerprint density at radius 2 is 1.90 bits per heavy atom. The van der Waals surface area contributed by atoms with Crippen molar-refractivity contribution in [1.29, 1.82) is 5.26 Å². The molecule has 0 amide bonds. The van der Waals surface area contributed by atoms with Gasteiger partial charge in [0, 0.05) is 12.0 Å². The van der Waals surface area contributed by atoms with E-state index in [1.165, 1.54) is 18.2 Å². The van der Waals surface area contributed by atoms with E-state index < -0.39 is 11.6 Å². The Labute approximate surface area is 120 Å². The number of halogens is 2. The summed E-state index contributed by atoms with van der Waals surface area (Å²) in [4.78, 5) is 0. The summed E-state index contributed by atoms with van der Waals surface area (Å²) in [5.41, 5.74) is 1.04. The number of para-hydroxylation sites is 1. The highest BCUT2D eigenvalue weighted by molar-refractivity contribution is 5.59. The summed E-state index contributed by atoms with van der Waals surface area (Å²) in [6.07, 6.45) is 0.609. The zero-order chi connectivity index (χ0) is 14.8. The van der Waals surface area contributed by atoms with Crippen LogP contribution in [0.2, 0.25) is 0 Å². The minimum Gasteiger partial charge on any atom is -0.490 e. The fourth-order valence-corrected chi connectivity index (χ4v) is 2.48. The molecular formula is C16H12F2N2O. The molecule has 0 aromatic heterocycles. The van der Waals surface area contributed by atoms with Gasteiger partial charge in [0.2, 0.25) is 0 Å². The highest BCUT2D eigenvalue weighted by atomic mass is 19.1. The fraction of sp³-hybridized carbons (Fsp3) is 0.188. The Balaban J connectivity index is 1.97. The second-order valence-electron chi connectivity index (χ2n) is 4.77. The van der Waals surface area contributed by atoms with E-state index in [1.807, 2.05) is 6.07 Å². The number of fused-ring (bicyclic) bond motifs is 1. The number of nitrogens with zero attached hydrogens (tertiary/aromatic N) is 1. The molecule has 2 aromatic rings. The average Bonchev–Trinajstić information content (AvgIpc) is 2.49. The molecule has 106 valence electrons. The smallest absolute Gasteiger partial charge is 0.165 e. The Morgan fingerprint density at radius 3 is 2.71 bits per heavy atom. The molecule has 0 saturated heterocycles. The zero-order valence-electron chi connectivity index (χ0n) is 11.1. The van der Waals surface area contributed by atoms with E-state index in [0.29, 0.717) is 24.3 Å². The van der Waals surface area contributed by atoms with Crippen LogP contribution in [0.15, 0.2) is 36.4 Å². The molecule has 0 bridgehead atoms. The van der Waals surface area contributed by atoms with E-state index in [1.54, 1.807) is 18.2 Å². The van der Waals surface area contributed by atoms with Crippen LogP contribution < -0.4 is 10.1 Å². The predicted octanol–water partition coefficient (Wildman–Crippen LogP) is 3.77. The zero-order valence-corrected chi connectivity index (χ0v) is 11.1. The molecule has 2 aromatic carbocycles. The summed E-state index contributed by atoms with van der Waals surface area (Å²) < 4.78 is 32.7. The van der Waals surface area contributed by atoms with Crippen LogP contribution in [0.25, 0.3) is 0 Å². The van der Waals surface area contributed by atoms with Crippen LogP contribution in [0.5, 0.6) is 5.75 Å². The van der Waals surface area contributed by atoms with Gasteiger partial charge in [0.25, 0.3) is 0 Å². The third-order valence-electron chi connectivity index (χ3n) is 3.48. The molecule has 1 aliphatic rings. The molecule has 0 aliphatic carbocycles. The van der Waals surface area contributed by atoms with Crippen molar-refractivity contribution in [1.82, 2.24) is 0 Å². The van der Waals surface area contributed by atoms with Crippen LogP contribution in [-0.4, -0.2) is 6.61 Å². The summed E-state index contributed by atoms with van der Waals surface area (Å²) in [5.74, 6) is -0.774. The monoisotopic (exact) mass is 286 g/mol. The number of benzene rings is 2. The largest absolute Gasteiger partial charge is 0.490 e. The second kappa shape index (κ2) is 5.41. The Morgan fingerprint density at radius 1 is 1.14 bits per heavy atom. The van der Waals surface area contributed by atoms with Gasteiger partial charge in [-0.2, -0.15) is 5.26 Å². The van der Waals surface area contributed by atoms with Gasteiger partial charge < -0.3 is 10.1 Å². The third-order valence-corrected chi connectivity index (χ3v) is 3.48. The van der Waals surface area contributed by atoms with Crippen molar-refractivity contribution >= 4 is 5.69 Å². The van der Waals surface area contributed by atoms with Gasteiger partial charge in [-0.05, 0) is 18.2 Å². The van der Waals surface area contributed by atoms with Crippen molar-refractivity contribution in [3.05, 3.63) is 59.2 Å². The van der Waals surface area contributed by atoms with Gasteiger partial charge in [0.1, 0.15) is 17.4 Å². The topological polar surface area (TPSA) is 45.0 Å². The summed E-state index contributed by atoms with van der Waals surface area (Å²) >= 11 is 0. The van der Waals surface area contributed by atoms with Gasteiger partial charge in [-0.1, -0.05) is 18.2 Å². The van der Waals surface area contributed by atoms with Gasteiger partial charge >= 0.3 is 0 Å². The molecule has 3 rings (SSSR count). The average molecular weight is 286 g/mol. The normalized spacial score (nSPS) is 16.5. The first-order valence-electron chi connectivity index (χ1n) is 6.57. The number of hydrogen-bond acceptors (Lipinski definition) is 3. The first-order chi connectivity index (χ1) is 10.2.